The number of ether oxygens (including phenoxy) is 3. The Labute approximate surface area is 174 Å². The number of nitrogens with two attached hydrogens (primary N) is 1. The summed E-state index contributed by atoms with van der Waals surface area (Å²) in [4.78, 5) is 29.1. The number of alkyl halides is 2. The molecule has 1 aromatic carbocycles. The number of nitrogens with one attached hydrogen (secondary N) is 1. The van der Waals surface area contributed by atoms with Crippen LogP contribution in [0.1, 0.15) is 0 Å². The third-order valence-corrected chi connectivity index (χ3v) is 5.57. The van der Waals surface area contributed by atoms with Gasteiger partial charge in [0.1, 0.15) is 30.8 Å². The van der Waals surface area contributed by atoms with Gasteiger partial charge in [0.25, 0.3) is 6.43 Å². The quantitative estimate of drug-likeness (QED) is 0.724. The van der Waals surface area contributed by atoms with E-state index in [1.54, 1.807) is 22.8 Å². The van der Waals surface area contributed by atoms with E-state index in [1.807, 2.05) is 0 Å². The van der Waals surface area contributed by atoms with Crippen LogP contribution in [0.3, 0.4) is 0 Å². The van der Waals surface area contributed by atoms with Crippen LogP contribution in [0, 0.1) is 0 Å². The van der Waals surface area contributed by atoms with Gasteiger partial charge in [0, 0.05) is 18.0 Å². The summed E-state index contributed by atoms with van der Waals surface area (Å²) in [6.07, 6.45) is -2.07. The second-order valence-corrected chi connectivity index (χ2v) is 7.59. The van der Waals surface area contributed by atoms with Crippen LogP contribution in [0.25, 0.3) is 11.4 Å². The van der Waals surface area contributed by atoms with Crippen molar-refractivity contribution in [3.05, 3.63) is 24.4 Å². The monoisotopic (exact) mass is 435 g/mol. The second-order valence-electron chi connectivity index (χ2n) is 7.59. The first-order chi connectivity index (χ1) is 14.9. The van der Waals surface area contributed by atoms with Gasteiger partial charge in [0.15, 0.2) is 11.4 Å². The molecule has 2 amide bonds. The molecule has 5 rings (SSSR count). The van der Waals surface area contributed by atoms with Gasteiger partial charge < -0.3 is 29.8 Å². The Balaban J connectivity index is 1.48. The molecule has 3 aliphatic rings. The molecule has 2 aromatic rings. The van der Waals surface area contributed by atoms with Crippen molar-refractivity contribution in [2.24, 2.45) is 5.73 Å². The fourth-order valence-electron chi connectivity index (χ4n) is 3.81. The molecule has 12 heteroatoms. The molecule has 31 heavy (non-hydrogen) atoms. The molecule has 0 spiro atoms. The molecule has 1 aromatic heterocycles. The predicted molar refractivity (Wildman–Crippen MR) is 103 cm³/mol. The van der Waals surface area contributed by atoms with Gasteiger partial charge in [-0.3, -0.25) is 4.79 Å². The SMILES string of the molecule is NC(=O)C1(Nc2ccc3c(c2)OCCn2cc(N4C(=O)OC[C@H]4C(F)F)nc2-3)COC1. The normalized spacial score (nSPS) is 21.5. The Morgan fingerprint density at radius 1 is 1.32 bits per heavy atom. The maximum absolute atomic E-state index is 13.3. The Bertz CT molecular complexity index is 1050. The fourth-order valence-corrected chi connectivity index (χ4v) is 3.81. The maximum atomic E-state index is 13.3. The predicted octanol–water partition coefficient (Wildman–Crippen LogP) is 1.20. The molecule has 0 unspecified atom stereocenters. The first-order valence-corrected chi connectivity index (χ1v) is 9.62. The maximum Gasteiger partial charge on any atom is 0.416 e. The Kier molecular flexibility index (Phi) is 4.46. The first-order valence-electron chi connectivity index (χ1n) is 9.62. The van der Waals surface area contributed by atoms with Crippen LogP contribution in [-0.4, -0.2) is 66.0 Å². The Morgan fingerprint density at radius 2 is 2.13 bits per heavy atom. The summed E-state index contributed by atoms with van der Waals surface area (Å²) >= 11 is 0. The summed E-state index contributed by atoms with van der Waals surface area (Å²) in [5.74, 6) is 0.548. The van der Waals surface area contributed by atoms with Gasteiger partial charge >= 0.3 is 6.09 Å². The first kappa shape index (κ1) is 19.5. The lowest BCUT2D eigenvalue weighted by Gasteiger charge is -2.39. The number of hydrogen-bond donors (Lipinski definition) is 2. The van der Waals surface area contributed by atoms with Crippen LogP contribution < -0.4 is 20.7 Å². The van der Waals surface area contributed by atoms with Gasteiger partial charge in [-0.2, -0.15) is 0 Å². The van der Waals surface area contributed by atoms with Gasteiger partial charge in [0.2, 0.25) is 5.91 Å². The minimum atomic E-state index is -2.76. The molecule has 0 radical (unpaired) electrons. The lowest BCUT2D eigenvalue weighted by atomic mass is 9.96. The zero-order valence-electron chi connectivity index (χ0n) is 16.2. The molecule has 3 N–H and O–H groups in total. The lowest BCUT2D eigenvalue weighted by Crippen LogP contribution is -2.64. The summed E-state index contributed by atoms with van der Waals surface area (Å²) in [7, 11) is 0. The van der Waals surface area contributed by atoms with E-state index in [-0.39, 0.29) is 19.0 Å². The van der Waals surface area contributed by atoms with E-state index in [9.17, 15) is 18.4 Å². The number of carbonyl (C=O) groups is 2. The zero-order chi connectivity index (χ0) is 21.8. The summed E-state index contributed by atoms with van der Waals surface area (Å²) in [5, 5.41) is 3.10. The number of anilines is 2. The summed E-state index contributed by atoms with van der Waals surface area (Å²) in [6, 6.07) is 3.81. The van der Waals surface area contributed by atoms with Gasteiger partial charge in [-0.1, -0.05) is 0 Å². The lowest BCUT2D eigenvalue weighted by molar-refractivity contribution is -0.137. The third-order valence-electron chi connectivity index (χ3n) is 5.57. The van der Waals surface area contributed by atoms with E-state index < -0.39 is 36.6 Å². The van der Waals surface area contributed by atoms with Crippen molar-refractivity contribution in [3.63, 3.8) is 0 Å². The molecule has 0 aliphatic carbocycles. The highest BCUT2D eigenvalue weighted by Gasteiger charge is 2.45. The number of aromatic nitrogens is 2. The van der Waals surface area contributed by atoms with Crippen molar-refractivity contribution in [1.82, 2.24) is 9.55 Å². The number of primary amides is 1. The summed E-state index contributed by atoms with van der Waals surface area (Å²) in [5.41, 5.74) is 5.76. The van der Waals surface area contributed by atoms with Crippen molar-refractivity contribution in [2.45, 2.75) is 24.6 Å². The van der Waals surface area contributed by atoms with Crippen LogP contribution in [0.15, 0.2) is 24.4 Å². The molecular weight excluding hydrogens is 416 g/mol. The van der Waals surface area contributed by atoms with Gasteiger partial charge in [-0.05, 0) is 12.1 Å². The number of amides is 2. The molecular formula is C19H19F2N5O5. The van der Waals surface area contributed by atoms with E-state index in [1.165, 1.54) is 6.20 Å². The van der Waals surface area contributed by atoms with E-state index in [2.05, 4.69) is 10.3 Å². The van der Waals surface area contributed by atoms with Crippen molar-refractivity contribution in [1.29, 1.82) is 0 Å². The highest BCUT2D eigenvalue weighted by molar-refractivity contribution is 5.90. The summed E-state index contributed by atoms with van der Waals surface area (Å²) in [6.45, 7) is 0.655. The van der Waals surface area contributed by atoms with E-state index in [4.69, 9.17) is 19.9 Å². The minimum Gasteiger partial charge on any atom is -0.491 e. The number of cyclic esters (lactones) is 1. The molecule has 3 aliphatic heterocycles. The van der Waals surface area contributed by atoms with Gasteiger partial charge in [-0.25, -0.2) is 23.5 Å². The number of fused-ring (bicyclic) bond motifs is 3. The number of halogens is 2. The van der Waals surface area contributed by atoms with Crippen molar-refractivity contribution < 1.29 is 32.6 Å². The number of rotatable bonds is 5. The molecule has 2 fully saturated rings. The molecule has 1 atom stereocenters. The van der Waals surface area contributed by atoms with Crippen molar-refractivity contribution in [2.75, 3.05) is 36.6 Å². The molecule has 0 saturated carbocycles. The number of benzene rings is 1. The van der Waals surface area contributed by atoms with Crippen molar-refractivity contribution >= 4 is 23.5 Å². The minimum absolute atomic E-state index is 0.0946. The zero-order valence-corrected chi connectivity index (χ0v) is 16.2. The number of hydrogen-bond acceptors (Lipinski definition) is 7. The molecule has 10 nitrogen and oxygen atoms in total. The highest BCUT2D eigenvalue weighted by Crippen LogP contribution is 2.37. The van der Waals surface area contributed by atoms with E-state index in [0.29, 0.717) is 36.0 Å². The second kappa shape index (κ2) is 7.08. The molecule has 2 saturated heterocycles. The standard InChI is InChI=1S/C19H19F2N5O5/c20-15(21)12-7-31-18(28)26(12)14-6-25-3-4-30-13-5-10(1-2-11(13)16(25)23-14)24-19(17(22)27)8-29-9-19/h1-2,5-6,12,15,24H,3-4,7-9H2,(H2,22,27)/t12-/m0/s1. The van der Waals surface area contributed by atoms with Gasteiger partial charge in [0.05, 0.1) is 25.3 Å². The Morgan fingerprint density at radius 3 is 2.81 bits per heavy atom. The molecule has 164 valence electrons. The van der Waals surface area contributed by atoms with E-state index in [0.717, 1.165) is 4.90 Å². The average molecular weight is 435 g/mol. The average Bonchev–Trinajstić information content (AvgIpc) is 3.24. The van der Waals surface area contributed by atoms with E-state index >= 15 is 0 Å². The smallest absolute Gasteiger partial charge is 0.416 e. The van der Waals surface area contributed by atoms with Crippen LogP contribution >= 0.6 is 0 Å². The van der Waals surface area contributed by atoms with Crippen molar-refractivity contribution in [3.8, 4) is 17.1 Å². The number of carbonyl (C=O) groups excluding carboxylic acids is 2. The van der Waals surface area contributed by atoms with Crippen LogP contribution in [0.4, 0.5) is 25.1 Å². The highest BCUT2D eigenvalue weighted by atomic mass is 19.3. The largest absolute Gasteiger partial charge is 0.491 e. The molecule has 0 bridgehead atoms. The summed E-state index contributed by atoms with van der Waals surface area (Å²) < 4.78 is 44.2. The number of imidazole rings is 1. The third kappa shape index (κ3) is 3.14. The Hall–Kier alpha value is -3.41. The topological polar surface area (TPSA) is 121 Å². The number of nitrogens with zero attached hydrogens (tertiary/aromatic N) is 3. The molecule has 4 heterocycles. The van der Waals surface area contributed by atoms with Gasteiger partial charge in [-0.15, -0.1) is 0 Å². The van der Waals surface area contributed by atoms with Crippen LogP contribution in [0.2, 0.25) is 0 Å². The van der Waals surface area contributed by atoms with Crippen LogP contribution in [-0.2, 0) is 20.8 Å². The van der Waals surface area contributed by atoms with Crippen LogP contribution in [0.5, 0.6) is 5.75 Å². The fraction of sp³-hybridized carbons (Fsp3) is 0.421.